The van der Waals surface area contributed by atoms with Gasteiger partial charge in [-0.25, -0.2) is 4.98 Å². The first-order chi connectivity index (χ1) is 14.2. The number of amides is 2. The van der Waals surface area contributed by atoms with E-state index in [4.69, 9.17) is 4.74 Å². The number of fused-ring (bicyclic) bond motifs is 1. The predicted molar refractivity (Wildman–Crippen MR) is 113 cm³/mol. The highest BCUT2D eigenvalue weighted by Gasteiger charge is 2.21. The van der Waals surface area contributed by atoms with Crippen molar-refractivity contribution in [2.24, 2.45) is 0 Å². The molecule has 1 aromatic carbocycles. The summed E-state index contributed by atoms with van der Waals surface area (Å²) in [7, 11) is 0. The average Bonchev–Trinajstić information content (AvgIpc) is 3.43. The van der Waals surface area contributed by atoms with E-state index < -0.39 is 0 Å². The number of carbonyl (C=O) groups excluding carboxylic acids is 2. The summed E-state index contributed by atoms with van der Waals surface area (Å²) in [5.41, 5.74) is 4.37. The first kappa shape index (κ1) is 19.6. The summed E-state index contributed by atoms with van der Waals surface area (Å²) in [4.78, 5) is 32.3. The fourth-order valence-electron chi connectivity index (χ4n) is 3.20. The van der Waals surface area contributed by atoms with Gasteiger partial charge in [0.15, 0.2) is 0 Å². The lowest BCUT2D eigenvalue weighted by atomic mass is 10.1. The largest absolute Gasteiger partial charge is 0.487 e. The molecule has 0 saturated carbocycles. The van der Waals surface area contributed by atoms with E-state index in [0.29, 0.717) is 37.4 Å². The van der Waals surface area contributed by atoms with Gasteiger partial charge in [0.1, 0.15) is 12.4 Å². The number of thiophene rings is 1. The molecular weight excluding hydrogens is 406 g/mol. The second-order valence-electron chi connectivity index (χ2n) is 6.74. The van der Waals surface area contributed by atoms with Gasteiger partial charge in [-0.05, 0) is 41.6 Å². The van der Waals surface area contributed by atoms with Crippen LogP contribution in [-0.2, 0) is 24.4 Å². The minimum absolute atomic E-state index is 0.0718. The smallest absolute Gasteiger partial charge is 0.251 e. The molecule has 29 heavy (non-hydrogen) atoms. The third-order valence-corrected chi connectivity index (χ3v) is 6.41. The molecule has 0 bridgehead atoms. The third-order valence-electron chi connectivity index (χ3n) is 4.75. The van der Waals surface area contributed by atoms with Gasteiger partial charge in [0.2, 0.25) is 5.91 Å². The van der Waals surface area contributed by atoms with E-state index in [0.717, 1.165) is 18.7 Å². The first-order valence-electron chi connectivity index (χ1n) is 9.40. The highest BCUT2D eigenvalue weighted by molar-refractivity contribution is 7.10. The van der Waals surface area contributed by atoms with Gasteiger partial charge in [0.05, 0.1) is 11.2 Å². The molecule has 3 aromatic rings. The normalized spacial score (nSPS) is 13.0. The minimum atomic E-state index is -0.212. The van der Waals surface area contributed by atoms with Crippen molar-refractivity contribution >= 4 is 34.5 Å². The lowest BCUT2D eigenvalue weighted by Crippen LogP contribution is -2.37. The topological polar surface area (TPSA) is 71.5 Å². The first-order valence-corrected chi connectivity index (χ1v) is 11.2. The summed E-state index contributed by atoms with van der Waals surface area (Å²) < 4.78 is 5.69. The van der Waals surface area contributed by atoms with Gasteiger partial charge in [-0.3, -0.25) is 9.59 Å². The average molecular weight is 428 g/mol. The second kappa shape index (κ2) is 9.19. The monoisotopic (exact) mass is 427 g/mol. The zero-order valence-corrected chi connectivity index (χ0v) is 17.4. The molecule has 6 nitrogen and oxygen atoms in total. The van der Waals surface area contributed by atoms with Crippen LogP contribution in [0, 0.1) is 0 Å². The van der Waals surface area contributed by atoms with Crippen LogP contribution >= 0.6 is 22.7 Å². The maximum absolute atomic E-state index is 12.5. The van der Waals surface area contributed by atoms with Crippen LogP contribution in [0.1, 0.15) is 32.9 Å². The van der Waals surface area contributed by atoms with Crippen LogP contribution in [0.2, 0.25) is 0 Å². The quantitative estimate of drug-likeness (QED) is 0.627. The Balaban J connectivity index is 1.24. The summed E-state index contributed by atoms with van der Waals surface area (Å²) in [5, 5.41) is 6.83. The van der Waals surface area contributed by atoms with Crippen LogP contribution in [-0.4, -0.2) is 34.8 Å². The molecule has 0 aliphatic carbocycles. The molecule has 1 aliphatic heterocycles. The number of ether oxygens (including phenoxy) is 1. The maximum Gasteiger partial charge on any atom is 0.251 e. The van der Waals surface area contributed by atoms with Crippen LogP contribution in [0.25, 0.3) is 0 Å². The van der Waals surface area contributed by atoms with Crippen molar-refractivity contribution in [3.63, 3.8) is 0 Å². The molecule has 0 spiro atoms. The van der Waals surface area contributed by atoms with Crippen LogP contribution in [0.5, 0.6) is 5.75 Å². The maximum atomic E-state index is 12.5. The molecule has 0 fully saturated rings. The van der Waals surface area contributed by atoms with Crippen molar-refractivity contribution in [1.82, 2.24) is 15.2 Å². The van der Waals surface area contributed by atoms with E-state index in [1.807, 2.05) is 16.3 Å². The third kappa shape index (κ3) is 5.02. The number of rotatable bonds is 7. The number of hydrogen-bond donors (Lipinski definition) is 1. The van der Waals surface area contributed by atoms with E-state index >= 15 is 0 Å². The molecule has 150 valence electrons. The molecule has 0 atom stereocenters. The van der Waals surface area contributed by atoms with Crippen LogP contribution in [0.15, 0.2) is 46.6 Å². The molecule has 1 aliphatic rings. The van der Waals surface area contributed by atoms with Gasteiger partial charge < -0.3 is 15.0 Å². The van der Waals surface area contributed by atoms with Gasteiger partial charge in [-0.15, -0.1) is 22.7 Å². The number of carbonyl (C=O) groups is 2. The second-order valence-corrected chi connectivity index (χ2v) is 8.46. The lowest BCUT2D eigenvalue weighted by molar-refractivity contribution is -0.131. The van der Waals surface area contributed by atoms with Gasteiger partial charge in [0.25, 0.3) is 5.91 Å². The number of aromatic nitrogens is 1. The van der Waals surface area contributed by atoms with E-state index in [-0.39, 0.29) is 11.8 Å². The number of nitrogens with one attached hydrogen (secondary N) is 1. The summed E-state index contributed by atoms with van der Waals surface area (Å²) in [5.74, 6) is 0.472. The molecule has 0 unspecified atom stereocenters. The Kier molecular flexibility index (Phi) is 6.21. The zero-order chi connectivity index (χ0) is 20.1. The summed E-state index contributed by atoms with van der Waals surface area (Å²) >= 11 is 3.27. The van der Waals surface area contributed by atoms with Crippen LogP contribution < -0.4 is 10.1 Å². The molecular formula is C21H21N3O3S2. The SMILES string of the molecule is O=C(NCCC(=O)N1CCc2sccc2C1)c1cccc(OCc2cscn2)c1. The lowest BCUT2D eigenvalue weighted by Gasteiger charge is -2.27. The molecule has 3 heterocycles. The summed E-state index contributed by atoms with van der Waals surface area (Å²) in [6, 6.07) is 9.11. The fourth-order valence-corrected chi connectivity index (χ4v) is 4.63. The standard InChI is InChI=1S/C21H21N3O3S2/c25-20(24-8-5-19-16(11-24)6-9-29-19)4-7-22-21(26)15-2-1-3-18(10-15)27-12-17-13-28-14-23-17/h1-3,6,9-10,13-14H,4-5,7-8,11-12H2,(H,22,26). The van der Waals surface area contributed by atoms with E-state index in [1.165, 1.54) is 21.8 Å². The molecule has 2 aromatic heterocycles. The number of thiazole rings is 1. The molecule has 0 saturated heterocycles. The molecule has 8 heteroatoms. The molecule has 4 rings (SSSR count). The van der Waals surface area contributed by atoms with Gasteiger partial charge >= 0.3 is 0 Å². The van der Waals surface area contributed by atoms with E-state index in [1.54, 1.807) is 35.0 Å². The molecule has 2 amide bonds. The van der Waals surface area contributed by atoms with Crippen molar-refractivity contribution in [2.45, 2.75) is 26.0 Å². The molecule has 1 N–H and O–H groups in total. The Morgan fingerprint density at radius 2 is 2.21 bits per heavy atom. The van der Waals surface area contributed by atoms with Gasteiger partial charge in [0, 0.05) is 41.9 Å². The Morgan fingerprint density at radius 1 is 1.28 bits per heavy atom. The highest BCUT2D eigenvalue weighted by Crippen LogP contribution is 2.24. The van der Waals surface area contributed by atoms with E-state index in [9.17, 15) is 9.59 Å². The van der Waals surface area contributed by atoms with Gasteiger partial charge in [-0.1, -0.05) is 6.07 Å². The summed E-state index contributed by atoms with van der Waals surface area (Å²) in [6.07, 6.45) is 1.21. The Bertz CT molecular complexity index is 985. The molecule has 0 radical (unpaired) electrons. The minimum Gasteiger partial charge on any atom is -0.487 e. The Labute approximate surface area is 177 Å². The Hall–Kier alpha value is -2.71. The van der Waals surface area contributed by atoms with E-state index in [2.05, 4.69) is 21.7 Å². The van der Waals surface area contributed by atoms with Gasteiger partial charge in [-0.2, -0.15) is 0 Å². The Morgan fingerprint density at radius 3 is 3.07 bits per heavy atom. The highest BCUT2D eigenvalue weighted by atomic mass is 32.1. The zero-order valence-electron chi connectivity index (χ0n) is 15.8. The van der Waals surface area contributed by atoms with Crippen molar-refractivity contribution in [3.8, 4) is 5.75 Å². The van der Waals surface area contributed by atoms with Crippen molar-refractivity contribution < 1.29 is 14.3 Å². The van der Waals surface area contributed by atoms with Crippen molar-refractivity contribution in [2.75, 3.05) is 13.1 Å². The predicted octanol–water partition coefficient (Wildman–Crippen LogP) is 3.49. The number of nitrogens with zero attached hydrogens (tertiary/aromatic N) is 2. The summed E-state index contributed by atoms with van der Waals surface area (Å²) in [6.45, 7) is 2.10. The number of hydrogen-bond acceptors (Lipinski definition) is 6. The fraction of sp³-hybridized carbons (Fsp3) is 0.286. The van der Waals surface area contributed by atoms with Crippen molar-refractivity contribution in [3.05, 3.63) is 68.3 Å². The van der Waals surface area contributed by atoms with Crippen molar-refractivity contribution in [1.29, 1.82) is 0 Å². The number of benzene rings is 1. The van der Waals surface area contributed by atoms with Crippen LogP contribution in [0.3, 0.4) is 0 Å². The van der Waals surface area contributed by atoms with Crippen LogP contribution in [0.4, 0.5) is 0 Å².